The minimum absolute atomic E-state index is 0.0102. The molecule has 0 bridgehead atoms. The van der Waals surface area contributed by atoms with E-state index >= 15 is 0 Å². The van der Waals surface area contributed by atoms with E-state index < -0.39 is 17.7 Å². The van der Waals surface area contributed by atoms with Gasteiger partial charge in [-0.1, -0.05) is 24.3 Å². The van der Waals surface area contributed by atoms with Gasteiger partial charge in [-0.15, -0.1) is 0 Å². The highest BCUT2D eigenvalue weighted by atomic mass is 16.6. The van der Waals surface area contributed by atoms with Crippen LogP contribution < -0.4 is 0 Å². The lowest BCUT2D eigenvalue weighted by Gasteiger charge is -2.35. The molecule has 0 radical (unpaired) electrons. The number of carboxylic acid groups (broad SMARTS) is 1. The molecule has 1 heterocycles. The zero-order valence-corrected chi connectivity index (χ0v) is 12.6. The Kier molecular flexibility index (Phi) is 4.21. The number of hydrogen-bond acceptors (Lipinski definition) is 3. The Bertz CT molecular complexity index is 547. The van der Waals surface area contributed by atoms with E-state index in [1.54, 1.807) is 4.90 Å². The quantitative estimate of drug-likeness (QED) is 0.909. The minimum atomic E-state index is -0.860. The number of carbonyl (C=O) groups is 2. The first-order valence-corrected chi connectivity index (χ1v) is 7.04. The van der Waals surface area contributed by atoms with Crippen LogP contribution in [-0.2, 0) is 16.1 Å². The third-order valence-corrected chi connectivity index (χ3v) is 3.37. The molecule has 2 rings (SSSR count). The van der Waals surface area contributed by atoms with Gasteiger partial charge in [-0.05, 0) is 31.9 Å². The zero-order chi connectivity index (χ0) is 15.6. The van der Waals surface area contributed by atoms with E-state index in [0.717, 1.165) is 11.1 Å². The van der Waals surface area contributed by atoms with E-state index in [9.17, 15) is 9.59 Å². The summed E-state index contributed by atoms with van der Waals surface area (Å²) < 4.78 is 5.39. The van der Waals surface area contributed by atoms with Gasteiger partial charge in [0.2, 0.25) is 0 Å². The Hall–Kier alpha value is -2.04. The molecule has 114 valence electrons. The fourth-order valence-corrected chi connectivity index (χ4v) is 2.56. The third kappa shape index (κ3) is 3.97. The van der Waals surface area contributed by atoms with E-state index in [4.69, 9.17) is 9.84 Å². The summed E-state index contributed by atoms with van der Waals surface area (Å²) in [6.45, 7) is 6.28. The van der Waals surface area contributed by atoms with Crippen molar-refractivity contribution in [3.8, 4) is 0 Å². The molecular weight excluding hydrogens is 270 g/mol. The van der Waals surface area contributed by atoms with Crippen LogP contribution in [0.1, 0.15) is 44.2 Å². The summed E-state index contributed by atoms with van der Waals surface area (Å²) >= 11 is 0. The van der Waals surface area contributed by atoms with Crippen molar-refractivity contribution >= 4 is 12.1 Å². The van der Waals surface area contributed by atoms with Crippen LogP contribution in [0.2, 0.25) is 0 Å². The molecule has 1 aliphatic rings. The van der Waals surface area contributed by atoms with Crippen LogP contribution in [0.3, 0.4) is 0 Å². The second-order valence-corrected chi connectivity index (χ2v) is 6.35. The average Bonchev–Trinajstić information content (AvgIpc) is 2.36. The molecule has 0 saturated carbocycles. The number of aliphatic carboxylic acids is 1. The standard InChI is InChI=1S/C16H21NO4/c1-16(2,3)21-15(20)17-9-11-6-4-5-7-13(11)12(10-17)8-14(18)19/h4-7,12H,8-10H2,1-3H3,(H,18,19)/t12-/m0/s1. The van der Waals surface area contributed by atoms with Crippen LogP contribution in [0.25, 0.3) is 0 Å². The van der Waals surface area contributed by atoms with Gasteiger partial charge >= 0.3 is 12.1 Å². The molecule has 5 heteroatoms. The molecule has 1 aromatic carbocycles. The number of ether oxygens (including phenoxy) is 1. The number of carboxylic acids is 1. The van der Waals surface area contributed by atoms with Crippen LogP contribution >= 0.6 is 0 Å². The summed E-state index contributed by atoms with van der Waals surface area (Å²) in [7, 11) is 0. The molecule has 0 fully saturated rings. The molecule has 0 aromatic heterocycles. The first-order chi connectivity index (χ1) is 9.76. The van der Waals surface area contributed by atoms with Crippen LogP contribution in [0.5, 0.6) is 0 Å². The monoisotopic (exact) mass is 291 g/mol. The maximum atomic E-state index is 12.2. The van der Waals surface area contributed by atoms with Gasteiger partial charge in [0.1, 0.15) is 5.60 Å². The molecule has 0 aliphatic carbocycles. The predicted octanol–water partition coefficient (Wildman–Crippen LogP) is 3.00. The van der Waals surface area contributed by atoms with E-state index in [-0.39, 0.29) is 12.3 Å². The smallest absolute Gasteiger partial charge is 0.410 e. The fourth-order valence-electron chi connectivity index (χ4n) is 2.56. The van der Waals surface area contributed by atoms with Gasteiger partial charge in [-0.3, -0.25) is 4.79 Å². The van der Waals surface area contributed by atoms with Gasteiger partial charge in [0.15, 0.2) is 0 Å². The highest BCUT2D eigenvalue weighted by molar-refractivity contribution is 5.71. The molecule has 1 atom stereocenters. The summed E-state index contributed by atoms with van der Waals surface area (Å²) in [4.78, 5) is 24.8. The third-order valence-electron chi connectivity index (χ3n) is 3.37. The molecular formula is C16H21NO4. The molecule has 1 amide bonds. The van der Waals surface area contributed by atoms with Crippen molar-refractivity contribution in [3.05, 3.63) is 35.4 Å². The normalized spacial score (nSPS) is 18.0. The van der Waals surface area contributed by atoms with E-state index in [0.29, 0.717) is 13.1 Å². The first-order valence-electron chi connectivity index (χ1n) is 7.04. The molecule has 1 aromatic rings. The van der Waals surface area contributed by atoms with Crippen LogP contribution in [0, 0.1) is 0 Å². The highest BCUT2D eigenvalue weighted by Crippen LogP contribution is 2.31. The summed E-state index contributed by atoms with van der Waals surface area (Å²) in [5.74, 6) is -1.05. The van der Waals surface area contributed by atoms with Crippen molar-refractivity contribution in [3.63, 3.8) is 0 Å². The van der Waals surface area contributed by atoms with Crippen LogP contribution in [0.4, 0.5) is 4.79 Å². The molecule has 21 heavy (non-hydrogen) atoms. The minimum Gasteiger partial charge on any atom is -0.481 e. The first kappa shape index (κ1) is 15.4. The van der Waals surface area contributed by atoms with E-state index in [1.807, 2.05) is 45.0 Å². The van der Waals surface area contributed by atoms with Crippen molar-refractivity contribution in [2.75, 3.05) is 6.54 Å². The van der Waals surface area contributed by atoms with Gasteiger partial charge < -0.3 is 14.7 Å². The Balaban J connectivity index is 2.21. The van der Waals surface area contributed by atoms with Gasteiger partial charge in [-0.25, -0.2) is 4.79 Å². The molecule has 5 nitrogen and oxygen atoms in total. The number of amides is 1. The van der Waals surface area contributed by atoms with Crippen LogP contribution in [0.15, 0.2) is 24.3 Å². The maximum Gasteiger partial charge on any atom is 0.410 e. The topological polar surface area (TPSA) is 66.8 Å². The zero-order valence-electron chi connectivity index (χ0n) is 12.6. The lowest BCUT2D eigenvalue weighted by molar-refractivity contribution is -0.137. The summed E-state index contributed by atoms with van der Waals surface area (Å²) in [6, 6.07) is 7.67. The van der Waals surface area contributed by atoms with Crippen molar-refractivity contribution in [1.29, 1.82) is 0 Å². The van der Waals surface area contributed by atoms with Crippen LogP contribution in [-0.4, -0.2) is 34.2 Å². The molecule has 0 spiro atoms. The van der Waals surface area contributed by atoms with Gasteiger partial charge in [0.25, 0.3) is 0 Å². The van der Waals surface area contributed by atoms with Crippen molar-refractivity contribution in [2.24, 2.45) is 0 Å². The summed E-state index contributed by atoms with van der Waals surface area (Å²) in [5.41, 5.74) is 1.44. The van der Waals surface area contributed by atoms with Gasteiger partial charge in [0.05, 0.1) is 6.42 Å². The SMILES string of the molecule is CC(C)(C)OC(=O)N1Cc2ccccc2[C@@H](CC(=O)O)C1. The Morgan fingerprint density at radius 1 is 1.33 bits per heavy atom. The van der Waals surface area contributed by atoms with Gasteiger partial charge in [-0.2, -0.15) is 0 Å². The van der Waals surface area contributed by atoms with E-state index in [2.05, 4.69) is 0 Å². The molecule has 1 aliphatic heterocycles. The lowest BCUT2D eigenvalue weighted by Crippen LogP contribution is -2.41. The second-order valence-electron chi connectivity index (χ2n) is 6.35. The van der Waals surface area contributed by atoms with Crippen molar-refractivity contribution in [2.45, 2.75) is 45.3 Å². The van der Waals surface area contributed by atoms with Crippen molar-refractivity contribution < 1.29 is 19.4 Å². The Labute approximate surface area is 124 Å². The summed E-state index contributed by atoms with van der Waals surface area (Å²) in [6.07, 6.45) is -0.386. The molecule has 0 unspecified atom stereocenters. The number of rotatable bonds is 2. The number of benzene rings is 1. The van der Waals surface area contributed by atoms with Gasteiger partial charge in [0, 0.05) is 19.0 Å². The molecule has 1 N–H and O–H groups in total. The van der Waals surface area contributed by atoms with Crippen molar-refractivity contribution in [1.82, 2.24) is 4.90 Å². The fraction of sp³-hybridized carbons (Fsp3) is 0.500. The second kappa shape index (κ2) is 5.76. The Morgan fingerprint density at radius 3 is 2.62 bits per heavy atom. The number of carbonyl (C=O) groups excluding carboxylic acids is 1. The predicted molar refractivity (Wildman–Crippen MR) is 78.1 cm³/mol. The Morgan fingerprint density at radius 2 is 2.00 bits per heavy atom. The number of nitrogens with zero attached hydrogens (tertiary/aromatic N) is 1. The largest absolute Gasteiger partial charge is 0.481 e. The lowest BCUT2D eigenvalue weighted by atomic mass is 9.88. The number of fused-ring (bicyclic) bond motifs is 1. The number of hydrogen-bond donors (Lipinski definition) is 1. The van der Waals surface area contributed by atoms with E-state index in [1.165, 1.54) is 0 Å². The highest BCUT2D eigenvalue weighted by Gasteiger charge is 2.31. The average molecular weight is 291 g/mol. The molecule has 0 saturated heterocycles. The maximum absolute atomic E-state index is 12.2. The summed E-state index contributed by atoms with van der Waals surface area (Å²) in [5, 5.41) is 9.07.